The number of methoxy groups -OCH3 is 1. The summed E-state index contributed by atoms with van der Waals surface area (Å²) in [5.41, 5.74) is 2.20. The van der Waals surface area contributed by atoms with Crippen LogP contribution in [0, 0.1) is 0 Å². The minimum Gasteiger partial charge on any atom is -0.493 e. The van der Waals surface area contributed by atoms with Crippen molar-refractivity contribution in [2.75, 3.05) is 31.7 Å². The van der Waals surface area contributed by atoms with E-state index in [1.165, 1.54) is 4.90 Å². The third kappa shape index (κ3) is 5.45. The molecule has 160 valence electrons. The number of amides is 2. The molecule has 1 aliphatic heterocycles. The van der Waals surface area contributed by atoms with Gasteiger partial charge in [0.2, 0.25) is 11.8 Å². The maximum atomic E-state index is 11.7. The van der Waals surface area contributed by atoms with Crippen molar-refractivity contribution in [3.8, 4) is 11.5 Å². The summed E-state index contributed by atoms with van der Waals surface area (Å²) in [4.78, 5) is 26.9. The van der Waals surface area contributed by atoms with Crippen LogP contribution in [0.15, 0.2) is 42.5 Å². The molecule has 0 N–H and O–H groups in total. The molecule has 1 saturated heterocycles. The summed E-state index contributed by atoms with van der Waals surface area (Å²) in [6.45, 7) is 4.28. The van der Waals surface area contributed by atoms with Gasteiger partial charge in [-0.3, -0.25) is 14.5 Å². The Morgan fingerprint density at radius 1 is 1.03 bits per heavy atom. The summed E-state index contributed by atoms with van der Waals surface area (Å²) >= 11 is 6.02. The maximum Gasteiger partial charge on any atom is 0.229 e. The average Bonchev–Trinajstić information content (AvgIpc) is 3.07. The zero-order valence-electron chi connectivity index (χ0n) is 17.4. The molecule has 30 heavy (non-hydrogen) atoms. The van der Waals surface area contributed by atoms with Crippen molar-refractivity contribution >= 4 is 29.1 Å². The van der Waals surface area contributed by atoms with Gasteiger partial charge in [-0.2, -0.15) is 0 Å². The molecule has 3 rings (SSSR count). The molecule has 1 aliphatic rings. The van der Waals surface area contributed by atoms with E-state index in [-0.39, 0.29) is 25.0 Å². The molecule has 0 unspecified atom stereocenters. The van der Waals surface area contributed by atoms with Crippen LogP contribution in [0.25, 0.3) is 0 Å². The van der Waals surface area contributed by atoms with Gasteiger partial charge in [-0.05, 0) is 48.4 Å². The van der Waals surface area contributed by atoms with Crippen LogP contribution < -0.4 is 14.4 Å². The van der Waals surface area contributed by atoms with E-state index in [4.69, 9.17) is 21.1 Å². The summed E-state index contributed by atoms with van der Waals surface area (Å²) in [7, 11) is 1.60. The van der Waals surface area contributed by atoms with Crippen LogP contribution in [-0.4, -0.2) is 43.5 Å². The predicted molar refractivity (Wildman–Crippen MR) is 117 cm³/mol. The third-order valence-electron chi connectivity index (χ3n) is 5.01. The lowest BCUT2D eigenvalue weighted by molar-refractivity contribution is -0.138. The Bertz CT molecular complexity index is 869. The number of halogens is 1. The zero-order chi connectivity index (χ0) is 21.5. The molecule has 0 saturated carbocycles. The summed E-state index contributed by atoms with van der Waals surface area (Å²) in [6, 6.07) is 13.7. The summed E-state index contributed by atoms with van der Waals surface area (Å²) < 4.78 is 11.3. The van der Waals surface area contributed by atoms with Crippen LogP contribution in [-0.2, 0) is 16.1 Å². The number of nitrogens with zero attached hydrogens (tertiary/aromatic N) is 2. The van der Waals surface area contributed by atoms with Gasteiger partial charge in [0.25, 0.3) is 0 Å². The Balaban J connectivity index is 1.65. The van der Waals surface area contributed by atoms with Crippen LogP contribution in [0.1, 0.15) is 31.7 Å². The molecule has 2 aromatic carbocycles. The number of carbonyl (C=O) groups is 2. The first-order chi connectivity index (χ1) is 14.5. The number of ether oxygens (including phenoxy) is 2. The second-order valence-electron chi connectivity index (χ2n) is 7.17. The molecule has 0 atom stereocenters. The molecular formula is C23H27ClN2O4. The lowest BCUT2D eigenvalue weighted by Gasteiger charge is -2.25. The minimum atomic E-state index is -0.135. The largest absolute Gasteiger partial charge is 0.493 e. The Morgan fingerprint density at radius 3 is 2.37 bits per heavy atom. The number of hydrogen-bond donors (Lipinski definition) is 0. The van der Waals surface area contributed by atoms with Gasteiger partial charge in [-0.1, -0.05) is 24.6 Å². The molecule has 0 aliphatic carbocycles. The zero-order valence-corrected chi connectivity index (χ0v) is 18.2. The second-order valence-corrected chi connectivity index (χ2v) is 7.61. The lowest BCUT2D eigenvalue weighted by atomic mass is 10.1. The minimum absolute atomic E-state index is 0.135. The van der Waals surface area contributed by atoms with Crippen LogP contribution >= 0.6 is 11.6 Å². The van der Waals surface area contributed by atoms with Gasteiger partial charge in [-0.15, -0.1) is 0 Å². The van der Waals surface area contributed by atoms with E-state index in [9.17, 15) is 9.59 Å². The normalized spacial score (nSPS) is 13.6. The van der Waals surface area contributed by atoms with Crippen LogP contribution in [0.2, 0.25) is 5.02 Å². The summed E-state index contributed by atoms with van der Waals surface area (Å²) in [6.07, 6.45) is 1.60. The van der Waals surface area contributed by atoms with E-state index in [1.54, 1.807) is 7.11 Å². The Morgan fingerprint density at radius 2 is 1.73 bits per heavy atom. The quantitative estimate of drug-likeness (QED) is 0.526. The van der Waals surface area contributed by atoms with Gasteiger partial charge in [-0.25, -0.2) is 0 Å². The lowest BCUT2D eigenvalue weighted by Crippen LogP contribution is -2.33. The van der Waals surface area contributed by atoms with E-state index in [0.717, 1.165) is 35.8 Å². The highest BCUT2D eigenvalue weighted by atomic mass is 35.5. The maximum absolute atomic E-state index is 11.7. The first-order valence-electron chi connectivity index (χ1n) is 10.1. The number of hydrogen-bond acceptors (Lipinski definition) is 5. The monoisotopic (exact) mass is 430 g/mol. The Hall–Kier alpha value is -2.73. The van der Waals surface area contributed by atoms with Gasteiger partial charge in [0.05, 0.1) is 13.7 Å². The van der Waals surface area contributed by atoms with Crippen molar-refractivity contribution in [1.29, 1.82) is 0 Å². The Labute approximate surface area is 182 Å². The van der Waals surface area contributed by atoms with Gasteiger partial charge < -0.3 is 14.4 Å². The summed E-state index contributed by atoms with van der Waals surface area (Å²) in [5.74, 6) is 0.946. The van der Waals surface area contributed by atoms with Crippen LogP contribution in [0.5, 0.6) is 11.5 Å². The fourth-order valence-electron chi connectivity index (χ4n) is 3.49. The molecule has 1 fully saturated rings. The number of anilines is 1. The number of carbonyl (C=O) groups excluding carboxylic acids is 2. The molecular weight excluding hydrogens is 404 g/mol. The molecule has 0 radical (unpaired) electrons. The van der Waals surface area contributed by atoms with E-state index >= 15 is 0 Å². The molecule has 0 spiro atoms. The highest BCUT2D eigenvalue weighted by Crippen LogP contribution is 2.30. The van der Waals surface area contributed by atoms with Crippen molar-refractivity contribution < 1.29 is 19.1 Å². The highest BCUT2D eigenvalue weighted by molar-refractivity contribution is 6.30. The molecule has 1 heterocycles. The average molecular weight is 431 g/mol. The first kappa shape index (κ1) is 22.0. The van der Waals surface area contributed by atoms with E-state index in [2.05, 4.69) is 11.8 Å². The molecule has 2 aromatic rings. The first-order valence-corrected chi connectivity index (χ1v) is 10.5. The summed E-state index contributed by atoms with van der Waals surface area (Å²) in [5, 5.41) is 0.718. The smallest absolute Gasteiger partial charge is 0.229 e. The Kier molecular flexibility index (Phi) is 7.57. The number of benzene rings is 2. The SMILES string of the molecule is CCCN(Cc1ccc(OCCN2C(=O)CCC2=O)c(OC)c1)c1ccc(Cl)cc1. The fraction of sp³-hybridized carbons (Fsp3) is 0.391. The fourth-order valence-corrected chi connectivity index (χ4v) is 3.62. The molecule has 0 bridgehead atoms. The van der Waals surface area contributed by atoms with Gasteiger partial charge >= 0.3 is 0 Å². The van der Waals surface area contributed by atoms with Gasteiger partial charge in [0.15, 0.2) is 11.5 Å². The highest BCUT2D eigenvalue weighted by Gasteiger charge is 2.28. The molecule has 2 amide bonds. The van der Waals surface area contributed by atoms with Gasteiger partial charge in [0.1, 0.15) is 6.61 Å². The van der Waals surface area contributed by atoms with E-state index in [0.29, 0.717) is 24.3 Å². The van der Waals surface area contributed by atoms with Crippen molar-refractivity contribution in [1.82, 2.24) is 4.90 Å². The topological polar surface area (TPSA) is 59.1 Å². The van der Waals surface area contributed by atoms with Crippen molar-refractivity contribution in [3.05, 3.63) is 53.1 Å². The van der Waals surface area contributed by atoms with Gasteiger partial charge in [0, 0.05) is 36.6 Å². The predicted octanol–water partition coefficient (Wildman–Crippen LogP) is 4.29. The third-order valence-corrected chi connectivity index (χ3v) is 5.27. The molecule has 6 nitrogen and oxygen atoms in total. The van der Waals surface area contributed by atoms with Crippen LogP contribution in [0.4, 0.5) is 5.69 Å². The number of rotatable bonds is 10. The van der Waals surface area contributed by atoms with E-state index < -0.39 is 0 Å². The van der Waals surface area contributed by atoms with E-state index in [1.807, 2.05) is 42.5 Å². The number of likely N-dealkylation sites (tertiary alicyclic amines) is 1. The van der Waals surface area contributed by atoms with Crippen molar-refractivity contribution in [2.45, 2.75) is 32.7 Å². The van der Waals surface area contributed by atoms with Crippen molar-refractivity contribution in [3.63, 3.8) is 0 Å². The van der Waals surface area contributed by atoms with Crippen LogP contribution in [0.3, 0.4) is 0 Å². The van der Waals surface area contributed by atoms with Crippen molar-refractivity contribution in [2.24, 2.45) is 0 Å². The number of imide groups is 1. The molecule has 0 aromatic heterocycles. The standard InChI is InChI=1S/C23H27ClN2O4/c1-3-12-25(19-7-5-18(24)6-8-19)16-17-4-9-20(21(15-17)29-2)30-14-13-26-22(27)10-11-23(26)28/h4-9,15H,3,10-14,16H2,1-2H3. The molecule has 7 heteroatoms. The second kappa shape index (κ2) is 10.3.